The molecular formula is C16H19BrN2O. The first-order valence-corrected chi connectivity index (χ1v) is 7.50. The number of ether oxygens (including phenoxy) is 1. The van der Waals surface area contributed by atoms with Gasteiger partial charge >= 0.3 is 0 Å². The molecule has 0 fully saturated rings. The normalized spacial score (nSPS) is 12.2. The van der Waals surface area contributed by atoms with Crippen molar-refractivity contribution in [3.63, 3.8) is 0 Å². The highest BCUT2D eigenvalue weighted by Gasteiger charge is 2.14. The summed E-state index contributed by atoms with van der Waals surface area (Å²) < 4.78 is 6.42. The number of para-hydroxylation sites is 1. The topological polar surface area (TPSA) is 34.1 Å². The lowest BCUT2D eigenvalue weighted by Crippen LogP contribution is -2.24. The summed E-state index contributed by atoms with van der Waals surface area (Å²) in [5.41, 5.74) is 2.23. The summed E-state index contributed by atoms with van der Waals surface area (Å²) in [5, 5.41) is 3.48. The molecule has 1 aromatic heterocycles. The zero-order valence-corrected chi connectivity index (χ0v) is 13.4. The molecule has 0 aliphatic carbocycles. The Balaban J connectivity index is 2.23. The van der Waals surface area contributed by atoms with Crippen LogP contribution in [0.5, 0.6) is 5.75 Å². The highest BCUT2D eigenvalue weighted by Crippen LogP contribution is 2.24. The molecule has 106 valence electrons. The van der Waals surface area contributed by atoms with Crippen molar-refractivity contribution >= 4 is 15.9 Å². The van der Waals surface area contributed by atoms with Gasteiger partial charge in [0, 0.05) is 10.7 Å². The maximum absolute atomic E-state index is 5.42. The maximum atomic E-state index is 5.42. The Kier molecular flexibility index (Phi) is 5.56. The molecule has 0 saturated carbocycles. The van der Waals surface area contributed by atoms with Crippen molar-refractivity contribution in [2.45, 2.75) is 19.4 Å². The van der Waals surface area contributed by atoms with Crippen LogP contribution in [0.1, 0.15) is 24.2 Å². The van der Waals surface area contributed by atoms with Gasteiger partial charge in [0.25, 0.3) is 0 Å². The van der Waals surface area contributed by atoms with Gasteiger partial charge in [-0.15, -0.1) is 0 Å². The Bertz CT molecular complexity index is 542. The van der Waals surface area contributed by atoms with E-state index in [4.69, 9.17) is 4.74 Å². The molecule has 0 saturated heterocycles. The highest BCUT2D eigenvalue weighted by molar-refractivity contribution is 9.10. The Hall–Kier alpha value is -1.39. The molecule has 0 amide bonds. The van der Waals surface area contributed by atoms with Gasteiger partial charge in [-0.2, -0.15) is 0 Å². The van der Waals surface area contributed by atoms with Crippen LogP contribution in [0.3, 0.4) is 0 Å². The van der Waals surface area contributed by atoms with Crippen LogP contribution in [0.4, 0.5) is 0 Å². The van der Waals surface area contributed by atoms with Gasteiger partial charge in [-0.25, -0.2) is 0 Å². The van der Waals surface area contributed by atoms with Gasteiger partial charge in [0.05, 0.1) is 18.8 Å². The van der Waals surface area contributed by atoms with E-state index < -0.39 is 0 Å². The van der Waals surface area contributed by atoms with Crippen LogP contribution in [0.2, 0.25) is 0 Å². The van der Waals surface area contributed by atoms with Crippen LogP contribution in [0, 0.1) is 0 Å². The van der Waals surface area contributed by atoms with Crippen LogP contribution >= 0.6 is 15.9 Å². The zero-order valence-electron chi connectivity index (χ0n) is 11.8. The lowest BCUT2D eigenvalue weighted by Gasteiger charge is -2.19. The van der Waals surface area contributed by atoms with E-state index in [-0.39, 0.29) is 6.04 Å². The summed E-state index contributed by atoms with van der Waals surface area (Å²) in [7, 11) is 1.71. The van der Waals surface area contributed by atoms with Crippen LogP contribution in [0.15, 0.2) is 47.1 Å². The molecule has 4 heteroatoms. The molecule has 1 atom stereocenters. The molecule has 0 aliphatic rings. The van der Waals surface area contributed by atoms with Crippen molar-refractivity contribution in [2.75, 3.05) is 13.7 Å². The third kappa shape index (κ3) is 3.81. The fourth-order valence-corrected chi connectivity index (χ4v) is 2.45. The predicted molar refractivity (Wildman–Crippen MR) is 85.1 cm³/mol. The molecule has 1 heterocycles. The summed E-state index contributed by atoms with van der Waals surface area (Å²) in [4.78, 5) is 4.50. The summed E-state index contributed by atoms with van der Waals surface area (Å²) in [6.45, 7) is 3.01. The minimum Gasteiger partial charge on any atom is -0.496 e. The maximum Gasteiger partial charge on any atom is 0.122 e. The van der Waals surface area contributed by atoms with Crippen LogP contribution in [0.25, 0.3) is 0 Å². The number of rotatable bonds is 6. The van der Waals surface area contributed by atoms with E-state index in [0.717, 1.165) is 28.9 Å². The van der Waals surface area contributed by atoms with E-state index in [1.54, 1.807) is 7.11 Å². The number of methoxy groups -OCH3 is 1. The summed E-state index contributed by atoms with van der Waals surface area (Å²) in [6, 6.07) is 12.4. The van der Waals surface area contributed by atoms with Gasteiger partial charge in [-0.05, 0) is 52.7 Å². The summed E-state index contributed by atoms with van der Waals surface area (Å²) >= 11 is 3.42. The lowest BCUT2D eigenvalue weighted by molar-refractivity contribution is 0.405. The summed E-state index contributed by atoms with van der Waals surface area (Å²) in [5.74, 6) is 0.924. The molecule has 1 N–H and O–H groups in total. The number of nitrogens with one attached hydrogen (secondary N) is 1. The first kappa shape index (κ1) is 15.0. The van der Waals surface area contributed by atoms with Crippen molar-refractivity contribution in [1.29, 1.82) is 0 Å². The minimum absolute atomic E-state index is 0.185. The van der Waals surface area contributed by atoms with Gasteiger partial charge < -0.3 is 10.1 Å². The Morgan fingerprint density at radius 2 is 2.05 bits per heavy atom. The molecule has 0 spiro atoms. The molecule has 1 unspecified atom stereocenters. The van der Waals surface area contributed by atoms with Gasteiger partial charge in [0.15, 0.2) is 0 Å². The second-order valence-electron chi connectivity index (χ2n) is 4.53. The average molecular weight is 335 g/mol. The number of nitrogens with zero attached hydrogens (tertiary/aromatic N) is 1. The van der Waals surface area contributed by atoms with Gasteiger partial charge in [0.2, 0.25) is 0 Å². The Labute approximate surface area is 128 Å². The summed E-state index contributed by atoms with van der Waals surface area (Å²) in [6.07, 6.45) is 2.69. The second kappa shape index (κ2) is 7.41. The van der Waals surface area contributed by atoms with E-state index in [2.05, 4.69) is 39.2 Å². The standard InChI is InChI=1S/C16H19BrN2O/c1-3-18-15(14-9-8-13(17)11-19-14)10-12-6-4-5-7-16(12)20-2/h4-9,11,15,18H,3,10H2,1-2H3. The molecule has 0 bridgehead atoms. The Morgan fingerprint density at radius 1 is 1.25 bits per heavy atom. The SMILES string of the molecule is CCNC(Cc1ccccc1OC)c1ccc(Br)cn1. The van der Waals surface area contributed by atoms with E-state index in [1.165, 1.54) is 5.56 Å². The number of likely N-dealkylation sites (N-methyl/N-ethyl adjacent to an activating group) is 1. The zero-order chi connectivity index (χ0) is 14.4. The smallest absolute Gasteiger partial charge is 0.122 e. The third-order valence-electron chi connectivity index (χ3n) is 3.17. The molecule has 1 aromatic carbocycles. The molecule has 20 heavy (non-hydrogen) atoms. The molecular weight excluding hydrogens is 316 g/mol. The van der Waals surface area contributed by atoms with E-state index >= 15 is 0 Å². The van der Waals surface area contributed by atoms with E-state index in [1.807, 2.05) is 36.5 Å². The molecule has 3 nitrogen and oxygen atoms in total. The van der Waals surface area contributed by atoms with Crippen molar-refractivity contribution in [1.82, 2.24) is 10.3 Å². The van der Waals surface area contributed by atoms with Crippen molar-refractivity contribution < 1.29 is 4.74 Å². The van der Waals surface area contributed by atoms with Gasteiger partial charge in [-0.1, -0.05) is 25.1 Å². The highest BCUT2D eigenvalue weighted by atomic mass is 79.9. The van der Waals surface area contributed by atoms with Gasteiger partial charge in [-0.3, -0.25) is 4.98 Å². The fraction of sp³-hybridized carbons (Fsp3) is 0.312. The number of hydrogen-bond donors (Lipinski definition) is 1. The molecule has 0 radical (unpaired) electrons. The van der Waals surface area contributed by atoms with Crippen LogP contribution in [-0.2, 0) is 6.42 Å². The quantitative estimate of drug-likeness (QED) is 0.873. The number of pyridine rings is 1. The van der Waals surface area contributed by atoms with Crippen molar-refractivity contribution in [3.05, 3.63) is 58.3 Å². The first-order chi connectivity index (χ1) is 9.74. The van der Waals surface area contributed by atoms with Crippen molar-refractivity contribution in [2.24, 2.45) is 0 Å². The lowest BCUT2D eigenvalue weighted by atomic mass is 10.0. The first-order valence-electron chi connectivity index (χ1n) is 6.71. The fourth-order valence-electron chi connectivity index (χ4n) is 2.21. The second-order valence-corrected chi connectivity index (χ2v) is 5.44. The van der Waals surface area contributed by atoms with Crippen LogP contribution < -0.4 is 10.1 Å². The molecule has 0 aliphatic heterocycles. The molecule has 2 aromatic rings. The third-order valence-corrected chi connectivity index (χ3v) is 3.64. The van der Waals surface area contributed by atoms with Crippen molar-refractivity contribution in [3.8, 4) is 5.75 Å². The minimum atomic E-state index is 0.185. The van der Waals surface area contributed by atoms with Gasteiger partial charge in [0.1, 0.15) is 5.75 Å². The molecule has 2 rings (SSSR count). The predicted octanol–water partition coefficient (Wildman–Crippen LogP) is 3.75. The Morgan fingerprint density at radius 3 is 2.70 bits per heavy atom. The monoisotopic (exact) mass is 334 g/mol. The number of halogens is 1. The number of benzene rings is 1. The van der Waals surface area contributed by atoms with E-state index in [9.17, 15) is 0 Å². The largest absolute Gasteiger partial charge is 0.496 e. The van der Waals surface area contributed by atoms with E-state index in [0.29, 0.717) is 0 Å². The number of aromatic nitrogens is 1. The average Bonchev–Trinajstić information content (AvgIpc) is 2.48. The number of hydrogen-bond acceptors (Lipinski definition) is 3. The van der Waals surface area contributed by atoms with Crippen LogP contribution in [-0.4, -0.2) is 18.6 Å².